The molecule has 3 rings (SSSR count). The van der Waals surface area contributed by atoms with Crippen LogP contribution in [0.3, 0.4) is 0 Å². The minimum absolute atomic E-state index is 0. The number of nitrogens with one attached hydrogen (secondary N) is 2. The van der Waals surface area contributed by atoms with E-state index in [0.717, 1.165) is 17.2 Å². The first kappa shape index (κ1) is 15.7. The maximum absolute atomic E-state index is 12.3. The lowest BCUT2D eigenvalue weighted by Gasteiger charge is -2.24. The molecule has 6 heteroatoms. The van der Waals surface area contributed by atoms with E-state index in [4.69, 9.17) is 0 Å². The smallest absolute Gasteiger partial charge is 0.243 e. The summed E-state index contributed by atoms with van der Waals surface area (Å²) in [6, 6.07) is 0.530. The van der Waals surface area contributed by atoms with Gasteiger partial charge in [-0.3, -0.25) is 4.79 Å². The largest absolute Gasteiger partial charge is 0.303 e. The van der Waals surface area contributed by atoms with Crippen molar-refractivity contribution in [1.29, 1.82) is 0 Å². The molecule has 0 spiro atoms. The monoisotopic (exact) mass is 315 g/mol. The summed E-state index contributed by atoms with van der Waals surface area (Å²) in [7, 11) is 0. The summed E-state index contributed by atoms with van der Waals surface area (Å²) in [5.41, 5.74) is 1.01. The molecular formula is C14H22ClN3OS. The van der Waals surface area contributed by atoms with Gasteiger partial charge in [-0.25, -0.2) is 4.98 Å². The van der Waals surface area contributed by atoms with Gasteiger partial charge < -0.3 is 10.6 Å². The molecule has 0 bridgehead atoms. The molecule has 2 N–H and O–H groups in total. The van der Waals surface area contributed by atoms with Crippen LogP contribution in [0.25, 0.3) is 0 Å². The van der Waals surface area contributed by atoms with Crippen molar-refractivity contribution >= 4 is 34.8 Å². The number of thiazole rings is 1. The first-order chi connectivity index (χ1) is 9.13. The molecule has 0 aromatic carbocycles. The van der Waals surface area contributed by atoms with Gasteiger partial charge in [0.15, 0.2) is 5.13 Å². The highest BCUT2D eigenvalue weighted by Crippen LogP contribution is 2.33. The van der Waals surface area contributed by atoms with Gasteiger partial charge in [0.2, 0.25) is 5.91 Å². The molecule has 112 valence electrons. The maximum atomic E-state index is 12.3. The fourth-order valence-corrected chi connectivity index (χ4v) is 4.06. The van der Waals surface area contributed by atoms with Gasteiger partial charge in [0, 0.05) is 10.9 Å². The van der Waals surface area contributed by atoms with Gasteiger partial charge in [-0.1, -0.05) is 12.8 Å². The van der Waals surface area contributed by atoms with E-state index in [9.17, 15) is 4.79 Å². The molecular weight excluding hydrogens is 294 g/mol. The van der Waals surface area contributed by atoms with Crippen molar-refractivity contribution in [2.24, 2.45) is 5.92 Å². The van der Waals surface area contributed by atoms with E-state index in [0.29, 0.717) is 12.0 Å². The lowest BCUT2D eigenvalue weighted by atomic mass is 9.85. The number of hydrogen-bond donors (Lipinski definition) is 2. The highest BCUT2D eigenvalue weighted by molar-refractivity contribution is 7.15. The number of halogens is 1. The lowest BCUT2D eigenvalue weighted by molar-refractivity contribution is -0.117. The van der Waals surface area contributed by atoms with Crippen LogP contribution in [0.4, 0.5) is 5.13 Å². The Labute approximate surface area is 130 Å². The van der Waals surface area contributed by atoms with Crippen LogP contribution < -0.4 is 10.6 Å². The molecule has 1 saturated heterocycles. The van der Waals surface area contributed by atoms with Crippen LogP contribution in [0.5, 0.6) is 0 Å². The number of amides is 1. The van der Waals surface area contributed by atoms with E-state index >= 15 is 0 Å². The van der Waals surface area contributed by atoms with Crippen molar-refractivity contribution in [1.82, 2.24) is 10.3 Å². The number of nitrogens with zero attached hydrogens (tertiary/aromatic N) is 1. The third-order valence-electron chi connectivity index (χ3n) is 4.44. The molecule has 2 aliphatic rings. The predicted molar refractivity (Wildman–Crippen MR) is 84.8 cm³/mol. The van der Waals surface area contributed by atoms with Gasteiger partial charge in [0.05, 0.1) is 11.7 Å². The summed E-state index contributed by atoms with van der Waals surface area (Å²) in [5.74, 6) is 0.785. The fourth-order valence-electron chi connectivity index (χ4n) is 3.24. The van der Waals surface area contributed by atoms with Crippen LogP contribution >= 0.6 is 23.7 Å². The molecule has 4 nitrogen and oxygen atoms in total. The average Bonchev–Trinajstić information content (AvgIpc) is 2.93. The molecule has 20 heavy (non-hydrogen) atoms. The molecule has 2 heterocycles. The van der Waals surface area contributed by atoms with Crippen molar-refractivity contribution in [3.8, 4) is 0 Å². The van der Waals surface area contributed by atoms with Crippen molar-refractivity contribution in [2.45, 2.75) is 58.0 Å². The SMILES string of the molecule is Cc1nc(NC(=O)C2CC3CCCCC3N2)sc1C.Cl. The fraction of sp³-hybridized carbons (Fsp3) is 0.714. The lowest BCUT2D eigenvalue weighted by Crippen LogP contribution is -2.39. The number of rotatable bonds is 2. The number of aromatic nitrogens is 1. The van der Waals surface area contributed by atoms with Gasteiger partial charge in [-0.15, -0.1) is 23.7 Å². The summed E-state index contributed by atoms with van der Waals surface area (Å²) in [6.07, 6.45) is 6.11. The Morgan fingerprint density at radius 2 is 2.10 bits per heavy atom. The summed E-state index contributed by atoms with van der Waals surface area (Å²) in [5, 5.41) is 7.19. The Balaban J connectivity index is 0.00000147. The van der Waals surface area contributed by atoms with E-state index in [1.165, 1.54) is 30.6 Å². The molecule has 1 saturated carbocycles. The third kappa shape index (κ3) is 3.15. The zero-order chi connectivity index (χ0) is 13.4. The van der Waals surface area contributed by atoms with Gasteiger partial charge in [0.25, 0.3) is 0 Å². The van der Waals surface area contributed by atoms with E-state index in [-0.39, 0.29) is 24.4 Å². The summed E-state index contributed by atoms with van der Waals surface area (Å²) in [6.45, 7) is 4.01. The molecule has 0 radical (unpaired) electrons. The second-order valence-corrected chi connectivity index (χ2v) is 6.96. The quantitative estimate of drug-likeness (QED) is 0.882. The number of anilines is 1. The summed E-state index contributed by atoms with van der Waals surface area (Å²) >= 11 is 1.56. The Bertz CT molecular complexity index is 457. The molecule has 1 aliphatic heterocycles. The zero-order valence-electron chi connectivity index (χ0n) is 11.9. The van der Waals surface area contributed by atoms with Crippen LogP contribution in [0.2, 0.25) is 0 Å². The third-order valence-corrected chi connectivity index (χ3v) is 5.43. The van der Waals surface area contributed by atoms with Crippen LogP contribution in [-0.2, 0) is 4.79 Å². The number of hydrogen-bond acceptors (Lipinski definition) is 4. The van der Waals surface area contributed by atoms with Gasteiger partial charge in [-0.05, 0) is 39.0 Å². The Morgan fingerprint density at radius 3 is 2.75 bits per heavy atom. The van der Waals surface area contributed by atoms with Crippen molar-refractivity contribution in [3.63, 3.8) is 0 Å². The Morgan fingerprint density at radius 1 is 1.35 bits per heavy atom. The Hall–Kier alpha value is -0.650. The molecule has 1 amide bonds. The van der Waals surface area contributed by atoms with Gasteiger partial charge in [0.1, 0.15) is 0 Å². The number of fused-ring (bicyclic) bond motifs is 1. The summed E-state index contributed by atoms with van der Waals surface area (Å²) < 4.78 is 0. The second-order valence-electron chi connectivity index (χ2n) is 5.76. The molecule has 1 aromatic heterocycles. The van der Waals surface area contributed by atoms with Crippen LogP contribution in [0, 0.1) is 19.8 Å². The second kappa shape index (κ2) is 6.41. The molecule has 1 aromatic rings. The number of carbonyl (C=O) groups is 1. The maximum Gasteiger partial charge on any atom is 0.243 e. The number of aryl methyl sites for hydroxylation is 2. The highest BCUT2D eigenvalue weighted by Gasteiger charge is 2.38. The highest BCUT2D eigenvalue weighted by atomic mass is 35.5. The predicted octanol–water partition coefficient (Wildman–Crippen LogP) is 3.04. The van der Waals surface area contributed by atoms with Crippen LogP contribution in [0.1, 0.15) is 42.7 Å². The van der Waals surface area contributed by atoms with Gasteiger partial charge >= 0.3 is 0 Å². The first-order valence-corrected chi connectivity index (χ1v) is 7.96. The first-order valence-electron chi connectivity index (χ1n) is 7.14. The molecule has 1 aliphatic carbocycles. The van der Waals surface area contributed by atoms with Crippen molar-refractivity contribution in [3.05, 3.63) is 10.6 Å². The molecule has 2 fully saturated rings. The molecule has 3 unspecified atom stereocenters. The zero-order valence-corrected chi connectivity index (χ0v) is 13.6. The molecule has 3 atom stereocenters. The standard InChI is InChI=1S/C14H21N3OS.ClH/c1-8-9(2)19-14(15-8)17-13(18)12-7-10-5-3-4-6-11(10)16-12;/h10-12,16H,3-7H2,1-2H3,(H,15,17,18);1H. The van der Waals surface area contributed by atoms with E-state index in [1.807, 2.05) is 13.8 Å². The number of carbonyl (C=O) groups excluding carboxylic acids is 1. The van der Waals surface area contributed by atoms with Crippen LogP contribution in [-0.4, -0.2) is 23.0 Å². The normalized spacial score (nSPS) is 28.6. The van der Waals surface area contributed by atoms with E-state index in [2.05, 4.69) is 15.6 Å². The van der Waals surface area contributed by atoms with Gasteiger partial charge in [-0.2, -0.15) is 0 Å². The van der Waals surface area contributed by atoms with Crippen molar-refractivity contribution < 1.29 is 4.79 Å². The van der Waals surface area contributed by atoms with Crippen molar-refractivity contribution in [2.75, 3.05) is 5.32 Å². The average molecular weight is 316 g/mol. The summed E-state index contributed by atoms with van der Waals surface area (Å²) in [4.78, 5) is 17.8. The van der Waals surface area contributed by atoms with E-state index < -0.39 is 0 Å². The minimum Gasteiger partial charge on any atom is -0.303 e. The topological polar surface area (TPSA) is 54.0 Å². The van der Waals surface area contributed by atoms with Crippen LogP contribution in [0.15, 0.2) is 0 Å². The Kier molecular flexibility index (Phi) is 5.04. The van der Waals surface area contributed by atoms with E-state index in [1.54, 1.807) is 11.3 Å². The minimum atomic E-state index is -0.0300.